The number of hydrogen-bond donors (Lipinski definition) is 1. The molecular formula is C17H23NO4. The van der Waals surface area contributed by atoms with Crippen LogP contribution in [0.3, 0.4) is 0 Å². The topological polar surface area (TPSA) is 66.8 Å². The Morgan fingerprint density at radius 2 is 1.68 bits per heavy atom. The van der Waals surface area contributed by atoms with Gasteiger partial charge in [0, 0.05) is 17.6 Å². The number of carboxylic acid groups (broad SMARTS) is 1. The van der Waals surface area contributed by atoms with Crippen LogP contribution in [0, 0.1) is 13.8 Å². The third kappa shape index (κ3) is 3.24. The first-order valence-corrected chi connectivity index (χ1v) is 7.59. The summed E-state index contributed by atoms with van der Waals surface area (Å²) in [6, 6.07) is 4.08. The molecule has 2 rings (SSSR count). The molecule has 5 nitrogen and oxygen atoms in total. The van der Waals surface area contributed by atoms with Gasteiger partial charge >= 0.3 is 5.97 Å². The zero-order chi connectivity index (χ0) is 16.4. The minimum Gasteiger partial charge on any atom is -0.481 e. The van der Waals surface area contributed by atoms with E-state index in [1.807, 2.05) is 18.7 Å². The summed E-state index contributed by atoms with van der Waals surface area (Å²) in [7, 11) is 0. The van der Waals surface area contributed by atoms with E-state index >= 15 is 0 Å². The quantitative estimate of drug-likeness (QED) is 0.929. The Hall–Kier alpha value is -2.04. The molecule has 0 bridgehead atoms. The van der Waals surface area contributed by atoms with Gasteiger partial charge in [0.1, 0.15) is 5.75 Å². The number of benzene rings is 1. The molecule has 0 aromatic heterocycles. The number of rotatable bonds is 4. The first kappa shape index (κ1) is 16.3. The van der Waals surface area contributed by atoms with Crippen molar-refractivity contribution in [3.8, 4) is 5.75 Å². The standard InChI is InChI=1S/C17H23NO4/c1-10-7-14(8-11(2)16(10)22-9-15(19)20)17(21)18-12(3)5-6-13(18)4/h7-8,12-13H,5-6,9H2,1-4H3,(H,19,20). The highest BCUT2D eigenvalue weighted by Gasteiger charge is 2.32. The fourth-order valence-corrected chi connectivity index (χ4v) is 3.18. The van der Waals surface area contributed by atoms with Crippen LogP contribution in [-0.2, 0) is 4.79 Å². The zero-order valence-electron chi connectivity index (χ0n) is 13.5. The molecule has 120 valence electrons. The normalized spacial score (nSPS) is 21.0. The number of carbonyl (C=O) groups is 2. The van der Waals surface area contributed by atoms with Gasteiger partial charge in [0.25, 0.3) is 5.91 Å². The summed E-state index contributed by atoms with van der Waals surface area (Å²) >= 11 is 0. The molecular weight excluding hydrogens is 282 g/mol. The summed E-state index contributed by atoms with van der Waals surface area (Å²) in [6.45, 7) is 7.43. The smallest absolute Gasteiger partial charge is 0.341 e. The lowest BCUT2D eigenvalue weighted by Gasteiger charge is -2.27. The largest absolute Gasteiger partial charge is 0.481 e. The molecule has 2 unspecified atom stereocenters. The van der Waals surface area contributed by atoms with Crippen molar-refractivity contribution in [1.29, 1.82) is 0 Å². The van der Waals surface area contributed by atoms with E-state index in [2.05, 4.69) is 13.8 Å². The number of aryl methyl sites for hydroxylation is 2. The van der Waals surface area contributed by atoms with Gasteiger partial charge in [0.2, 0.25) is 0 Å². The summed E-state index contributed by atoms with van der Waals surface area (Å²) in [5.41, 5.74) is 2.20. The molecule has 1 N–H and O–H groups in total. The molecule has 5 heteroatoms. The van der Waals surface area contributed by atoms with Crippen molar-refractivity contribution in [2.75, 3.05) is 6.61 Å². The molecule has 0 spiro atoms. The molecule has 1 aromatic rings. The molecule has 1 amide bonds. The van der Waals surface area contributed by atoms with Gasteiger partial charge in [-0.2, -0.15) is 0 Å². The van der Waals surface area contributed by atoms with E-state index in [1.54, 1.807) is 12.1 Å². The SMILES string of the molecule is Cc1cc(C(=O)N2C(C)CCC2C)cc(C)c1OCC(=O)O. The minimum absolute atomic E-state index is 0.0356. The number of carbonyl (C=O) groups excluding carboxylic acids is 1. The Balaban J connectivity index is 2.26. The summed E-state index contributed by atoms with van der Waals surface area (Å²) in [5, 5.41) is 8.72. The maximum Gasteiger partial charge on any atom is 0.341 e. The van der Waals surface area contributed by atoms with Gasteiger partial charge in [-0.15, -0.1) is 0 Å². The van der Waals surface area contributed by atoms with Gasteiger partial charge in [-0.05, 0) is 63.8 Å². The van der Waals surface area contributed by atoms with Gasteiger partial charge in [-0.3, -0.25) is 4.79 Å². The Kier molecular flexibility index (Phi) is 4.74. The van der Waals surface area contributed by atoms with Crippen LogP contribution < -0.4 is 4.74 Å². The Morgan fingerprint density at radius 1 is 1.18 bits per heavy atom. The third-order valence-electron chi connectivity index (χ3n) is 4.23. The highest BCUT2D eigenvalue weighted by atomic mass is 16.5. The highest BCUT2D eigenvalue weighted by molar-refractivity contribution is 5.95. The number of likely N-dealkylation sites (tertiary alicyclic amines) is 1. The Labute approximate surface area is 130 Å². The number of nitrogens with zero attached hydrogens (tertiary/aromatic N) is 1. The van der Waals surface area contributed by atoms with Crippen molar-refractivity contribution in [3.63, 3.8) is 0 Å². The molecule has 0 aliphatic carbocycles. The highest BCUT2D eigenvalue weighted by Crippen LogP contribution is 2.29. The second-order valence-electron chi connectivity index (χ2n) is 6.11. The predicted molar refractivity (Wildman–Crippen MR) is 83.4 cm³/mol. The van der Waals surface area contributed by atoms with Crippen LogP contribution in [0.1, 0.15) is 48.2 Å². The van der Waals surface area contributed by atoms with E-state index in [-0.39, 0.29) is 24.6 Å². The lowest BCUT2D eigenvalue weighted by Crippen LogP contribution is -2.38. The van der Waals surface area contributed by atoms with Crippen molar-refractivity contribution < 1.29 is 19.4 Å². The van der Waals surface area contributed by atoms with Crippen LogP contribution in [0.5, 0.6) is 5.75 Å². The molecule has 1 saturated heterocycles. The van der Waals surface area contributed by atoms with Gasteiger partial charge in [0.15, 0.2) is 6.61 Å². The fourth-order valence-electron chi connectivity index (χ4n) is 3.18. The first-order chi connectivity index (χ1) is 10.3. The average molecular weight is 305 g/mol. The maximum absolute atomic E-state index is 12.7. The number of amides is 1. The summed E-state index contributed by atoms with van der Waals surface area (Å²) in [4.78, 5) is 25.3. The van der Waals surface area contributed by atoms with Crippen LogP contribution in [0.2, 0.25) is 0 Å². The van der Waals surface area contributed by atoms with Gasteiger partial charge < -0.3 is 14.7 Å². The van der Waals surface area contributed by atoms with Crippen LogP contribution in [-0.4, -0.2) is 40.6 Å². The van der Waals surface area contributed by atoms with Crippen LogP contribution >= 0.6 is 0 Å². The molecule has 0 radical (unpaired) electrons. The zero-order valence-corrected chi connectivity index (χ0v) is 13.5. The maximum atomic E-state index is 12.7. The fraction of sp³-hybridized carbons (Fsp3) is 0.529. The number of hydrogen-bond acceptors (Lipinski definition) is 3. The lowest BCUT2D eigenvalue weighted by atomic mass is 10.0. The molecule has 1 aromatic carbocycles. The number of aliphatic carboxylic acids is 1. The number of ether oxygens (including phenoxy) is 1. The predicted octanol–water partition coefficient (Wildman–Crippen LogP) is 2.78. The number of carboxylic acids is 1. The van der Waals surface area contributed by atoms with E-state index in [0.29, 0.717) is 11.3 Å². The summed E-state index contributed by atoms with van der Waals surface area (Å²) < 4.78 is 5.31. The van der Waals surface area contributed by atoms with Crippen molar-refractivity contribution in [3.05, 3.63) is 28.8 Å². The summed E-state index contributed by atoms with van der Waals surface area (Å²) in [5.74, 6) is -0.436. The van der Waals surface area contributed by atoms with E-state index in [1.165, 1.54) is 0 Å². The molecule has 2 atom stereocenters. The minimum atomic E-state index is -1.02. The summed E-state index contributed by atoms with van der Waals surface area (Å²) in [6.07, 6.45) is 2.06. The Bertz CT molecular complexity index is 563. The second-order valence-corrected chi connectivity index (χ2v) is 6.11. The van der Waals surface area contributed by atoms with E-state index in [0.717, 1.165) is 24.0 Å². The lowest BCUT2D eigenvalue weighted by molar-refractivity contribution is -0.139. The molecule has 0 saturated carbocycles. The molecule has 22 heavy (non-hydrogen) atoms. The molecule has 1 heterocycles. The average Bonchev–Trinajstić information content (AvgIpc) is 2.76. The van der Waals surface area contributed by atoms with Crippen LogP contribution in [0.4, 0.5) is 0 Å². The monoisotopic (exact) mass is 305 g/mol. The van der Waals surface area contributed by atoms with Crippen LogP contribution in [0.15, 0.2) is 12.1 Å². The third-order valence-corrected chi connectivity index (χ3v) is 4.23. The van der Waals surface area contributed by atoms with Gasteiger partial charge in [0.05, 0.1) is 0 Å². The molecule has 1 fully saturated rings. The van der Waals surface area contributed by atoms with E-state index in [9.17, 15) is 9.59 Å². The first-order valence-electron chi connectivity index (χ1n) is 7.59. The molecule has 1 aliphatic heterocycles. The van der Waals surface area contributed by atoms with Gasteiger partial charge in [-0.1, -0.05) is 0 Å². The van der Waals surface area contributed by atoms with Crippen LogP contribution in [0.25, 0.3) is 0 Å². The Morgan fingerprint density at radius 3 is 2.14 bits per heavy atom. The van der Waals surface area contributed by atoms with E-state index in [4.69, 9.17) is 9.84 Å². The van der Waals surface area contributed by atoms with Crippen molar-refractivity contribution in [2.45, 2.75) is 52.6 Å². The van der Waals surface area contributed by atoms with Crippen molar-refractivity contribution >= 4 is 11.9 Å². The second kappa shape index (κ2) is 6.38. The molecule has 1 aliphatic rings. The van der Waals surface area contributed by atoms with E-state index < -0.39 is 5.97 Å². The van der Waals surface area contributed by atoms with Crippen molar-refractivity contribution in [2.24, 2.45) is 0 Å². The van der Waals surface area contributed by atoms with Gasteiger partial charge in [-0.25, -0.2) is 4.79 Å². The van der Waals surface area contributed by atoms with Crippen molar-refractivity contribution in [1.82, 2.24) is 4.90 Å².